The Kier molecular flexibility index (Phi) is 6.17. The van der Waals surface area contributed by atoms with Crippen LogP contribution < -0.4 is 23.8 Å². The maximum Gasteiger partial charge on any atom is 0.416 e. The molecule has 0 spiro atoms. The molecular formula is C25H22N2O6. The van der Waals surface area contributed by atoms with Gasteiger partial charge in [-0.1, -0.05) is 6.07 Å². The van der Waals surface area contributed by atoms with Crippen molar-refractivity contribution >= 4 is 28.4 Å². The van der Waals surface area contributed by atoms with Gasteiger partial charge in [-0.2, -0.15) is 0 Å². The summed E-state index contributed by atoms with van der Waals surface area (Å²) in [6.45, 7) is 0. The Balaban J connectivity index is 1.64. The Bertz CT molecular complexity index is 1290. The third kappa shape index (κ3) is 4.45. The normalized spacial score (nSPS) is 10.5. The number of fused-ring (bicyclic) bond motifs is 1. The van der Waals surface area contributed by atoms with Crippen molar-refractivity contribution in [2.75, 3.05) is 26.2 Å². The molecular weight excluding hydrogens is 424 g/mol. The van der Waals surface area contributed by atoms with E-state index in [0.717, 1.165) is 5.39 Å². The number of hydrogen-bond donors (Lipinski definition) is 1. The maximum absolute atomic E-state index is 12.0. The summed E-state index contributed by atoms with van der Waals surface area (Å²) in [4.78, 5) is 17.5. The van der Waals surface area contributed by atoms with Crippen molar-refractivity contribution in [2.45, 2.75) is 0 Å². The molecule has 0 atom stereocenters. The fraction of sp³-hybridized carbons (Fsp3) is 0.120. The van der Waals surface area contributed by atoms with Crippen molar-refractivity contribution in [3.63, 3.8) is 0 Å². The van der Waals surface area contributed by atoms with Gasteiger partial charge in [0.05, 0.1) is 38.2 Å². The lowest BCUT2D eigenvalue weighted by Crippen LogP contribution is -2.23. The average molecular weight is 446 g/mol. The van der Waals surface area contributed by atoms with Crippen molar-refractivity contribution in [3.8, 4) is 28.7 Å². The molecule has 0 bridgehead atoms. The highest BCUT2D eigenvalue weighted by Crippen LogP contribution is 2.37. The van der Waals surface area contributed by atoms with E-state index < -0.39 is 6.09 Å². The number of hydrogen-bond acceptors (Lipinski definition) is 6. The molecule has 0 aliphatic carbocycles. The molecule has 0 saturated heterocycles. The number of benzene rings is 3. The van der Waals surface area contributed by atoms with Crippen LogP contribution in [0.1, 0.15) is 0 Å². The number of anilines is 2. The minimum Gasteiger partial charge on any atom is -0.497 e. The Morgan fingerprint density at radius 1 is 0.788 bits per heavy atom. The molecule has 0 aliphatic heterocycles. The third-order valence-electron chi connectivity index (χ3n) is 5.03. The molecule has 1 amide bonds. The van der Waals surface area contributed by atoms with E-state index in [0.29, 0.717) is 45.6 Å². The smallest absolute Gasteiger partial charge is 0.416 e. The van der Waals surface area contributed by atoms with Gasteiger partial charge in [0.1, 0.15) is 17.2 Å². The van der Waals surface area contributed by atoms with Gasteiger partial charge in [0, 0.05) is 23.7 Å². The van der Waals surface area contributed by atoms with E-state index in [9.17, 15) is 9.90 Å². The number of ether oxygens (including phenoxy) is 4. The molecule has 168 valence electrons. The van der Waals surface area contributed by atoms with Crippen LogP contribution >= 0.6 is 0 Å². The van der Waals surface area contributed by atoms with Crippen molar-refractivity contribution in [2.24, 2.45) is 0 Å². The van der Waals surface area contributed by atoms with Crippen LogP contribution in [0.25, 0.3) is 10.9 Å². The minimum absolute atomic E-state index is 0.467. The summed E-state index contributed by atoms with van der Waals surface area (Å²) in [6, 6.07) is 19.0. The Labute approximate surface area is 190 Å². The summed E-state index contributed by atoms with van der Waals surface area (Å²) in [5.74, 6) is 2.82. The van der Waals surface area contributed by atoms with Crippen molar-refractivity contribution in [1.82, 2.24) is 4.98 Å². The van der Waals surface area contributed by atoms with Gasteiger partial charge in [-0.05, 0) is 48.5 Å². The van der Waals surface area contributed by atoms with Crippen LogP contribution in [0, 0.1) is 0 Å². The van der Waals surface area contributed by atoms with Gasteiger partial charge in [0.15, 0.2) is 11.5 Å². The van der Waals surface area contributed by atoms with E-state index in [-0.39, 0.29) is 0 Å². The summed E-state index contributed by atoms with van der Waals surface area (Å²) in [5.41, 5.74) is 1.63. The monoisotopic (exact) mass is 446 g/mol. The number of nitrogens with zero attached hydrogens (tertiary/aromatic N) is 2. The number of amides is 1. The van der Waals surface area contributed by atoms with Gasteiger partial charge in [0.2, 0.25) is 0 Å². The number of aromatic nitrogens is 1. The van der Waals surface area contributed by atoms with Crippen molar-refractivity contribution < 1.29 is 28.8 Å². The Morgan fingerprint density at radius 3 is 2.18 bits per heavy atom. The highest BCUT2D eigenvalue weighted by atomic mass is 16.5. The second kappa shape index (κ2) is 9.35. The predicted octanol–water partition coefficient (Wildman–Crippen LogP) is 5.87. The molecule has 0 unspecified atom stereocenters. The van der Waals surface area contributed by atoms with E-state index in [1.54, 1.807) is 87.1 Å². The van der Waals surface area contributed by atoms with Gasteiger partial charge in [-0.25, -0.2) is 9.69 Å². The van der Waals surface area contributed by atoms with E-state index >= 15 is 0 Å². The molecule has 4 aromatic rings. The molecule has 8 nitrogen and oxygen atoms in total. The lowest BCUT2D eigenvalue weighted by Gasteiger charge is -2.20. The van der Waals surface area contributed by atoms with Crippen LogP contribution in [0.4, 0.5) is 16.2 Å². The number of carbonyl (C=O) groups is 1. The van der Waals surface area contributed by atoms with Gasteiger partial charge >= 0.3 is 6.09 Å². The maximum atomic E-state index is 12.0. The van der Waals surface area contributed by atoms with Crippen LogP contribution in [0.5, 0.6) is 28.7 Å². The Hall–Kier alpha value is -4.46. The summed E-state index contributed by atoms with van der Waals surface area (Å²) in [7, 11) is 4.66. The first-order valence-corrected chi connectivity index (χ1v) is 10.00. The number of carboxylic acid groups (broad SMARTS) is 1. The van der Waals surface area contributed by atoms with Gasteiger partial charge in [-0.15, -0.1) is 0 Å². The highest BCUT2D eigenvalue weighted by molar-refractivity contribution is 5.95. The molecule has 33 heavy (non-hydrogen) atoms. The van der Waals surface area contributed by atoms with Crippen LogP contribution in [-0.2, 0) is 0 Å². The SMILES string of the molecule is COc1cccc(N(C(=O)O)c2ccc(Oc3ccnc4cc(OC)c(OC)cc34)cc2)c1. The quantitative estimate of drug-likeness (QED) is 0.380. The number of rotatable bonds is 7. The zero-order valence-corrected chi connectivity index (χ0v) is 18.3. The van der Waals surface area contributed by atoms with E-state index in [1.165, 1.54) is 12.0 Å². The predicted molar refractivity (Wildman–Crippen MR) is 125 cm³/mol. The molecule has 1 heterocycles. The fourth-order valence-corrected chi connectivity index (χ4v) is 3.45. The lowest BCUT2D eigenvalue weighted by molar-refractivity contribution is 0.205. The first-order chi connectivity index (χ1) is 16.0. The Morgan fingerprint density at radius 2 is 1.52 bits per heavy atom. The largest absolute Gasteiger partial charge is 0.497 e. The molecule has 1 aromatic heterocycles. The second-order valence-electron chi connectivity index (χ2n) is 6.95. The van der Waals surface area contributed by atoms with Crippen LogP contribution in [0.3, 0.4) is 0 Å². The molecule has 4 rings (SSSR count). The van der Waals surface area contributed by atoms with Crippen LogP contribution in [0.2, 0.25) is 0 Å². The molecule has 0 radical (unpaired) electrons. The molecule has 3 aromatic carbocycles. The van der Waals surface area contributed by atoms with E-state index in [4.69, 9.17) is 18.9 Å². The summed E-state index contributed by atoms with van der Waals surface area (Å²) in [6.07, 6.45) is 0.533. The standard InChI is InChI=1S/C25H22N2O6/c1-30-19-6-4-5-17(13-19)27(25(28)29)16-7-9-18(10-8-16)33-22-11-12-26-21-15-24(32-3)23(31-2)14-20(21)22/h4-15H,1-3H3,(H,28,29). The van der Waals surface area contributed by atoms with E-state index in [2.05, 4.69) is 4.98 Å². The third-order valence-corrected chi connectivity index (χ3v) is 5.03. The molecule has 0 saturated carbocycles. The summed E-state index contributed by atoms with van der Waals surface area (Å²) < 4.78 is 22.0. The summed E-state index contributed by atoms with van der Waals surface area (Å²) in [5, 5.41) is 10.5. The minimum atomic E-state index is -1.11. The first kappa shape index (κ1) is 21.8. The molecule has 8 heteroatoms. The highest BCUT2D eigenvalue weighted by Gasteiger charge is 2.18. The number of methoxy groups -OCH3 is 3. The lowest BCUT2D eigenvalue weighted by atomic mass is 10.1. The van der Waals surface area contributed by atoms with Crippen LogP contribution in [-0.4, -0.2) is 37.5 Å². The zero-order chi connectivity index (χ0) is 23.4. The van der Waals surface area contributed by atoms with Crippen molar-refractivity contribution in [1.29, 1.82) is 0 Å². The van der Waals surface area contributed by atoms with Crippen molar-refractivity contribution in [3.05, 3.63) is 72.9 Å². The van der Waals surface area contributed by atoms with Crippen LogP contribution in [0.15, 0.2) is 72.9 Å². The fourth-order valence-electron chi connectivity index (χ4n) is 3.45. The number of pyridine rings is 1. The summed E-state index contributed by atoms with van der Waals surface area (Å²) >= 11 is 0. The van der Waals surface area contributed by atoms with Gasteiger partial charge in [-0.3, -0.25) is 4.98 Å². The topological polar surface area (TPSA) is 90.4 Å². The van der Waals surface area contributed by atoms with Gasteiger partial charge in [0.25, 0.3) is 0 Å². The zero-order valence-electron chi connectivity index (χ0n) is 18.3. The van der Waals surface area contributed by atoms with E-state index in [1.807, 2.05) is 0 Å². The first-order valence-electron chi connectivity index (χ1n) is 10.00. The molecule has 1 N–H and O–H groups in total. The van der Waals surface area contributed by atoms with Gasteiger partial charge < -0.3 is 24.1 Å². The second-order valence-corrected chi connectivity index (χ2v) is 6.95. The molecule has 0 aliphatic rings. The average Bonchev–Trinajstić information content (AvgIpc) is 2.84. The molecule has 0 fully saturated rings.